The number of alkyl halides is 3. The number of anilines is 2. The van der Waals surface area contributed by atoms with E-state index in [-0.39, 0.29) is 17.2 Å². The van der Waals surface area contributed by atoms with E-state index in [0.717, 1.165) is 24.4 Å². The van der Waals surface area contributed by atoms with Crippen LogP contribution in [0.15, 0.2) is 54.7 Å². The Morgan fingerprint density at radius 1 is 1.15 bits per heavy atom. The van der Waals surface area contributed by atoms with Crippen LogP contribution in [0.5, 0.6) is 11.5 Å². The highest BCUT2D eigenvalue weighted by Gasteiger charge is 2.33. The number of ether oxygens (including phenoxy) is 1. The predicted molar refractivity (Wildman–Crippen MR) is 113 cm³/mol. The minimum atomic E-state index is -5.15. The van der Waals surface area contributed by atoms with Gasteiger partial charge in [0.05, 0.1) is 20.4 Å². The van der Waals surface area contributed by atoms with Gasteiger partial charge in [0.2, 0.25) is 0 Å². The molecule has 12 heteroatoms. The van der Waals surface area contributed by atoms with Gasteiger partial charge in [-0.2, -0.15) is 13.2 Å². The number of halogens is 5. The first-order valence-electron chi connectivity index (χ1n) is 11.7. The van der Waals surface area contributed by atoms with E-state index in [0.29, 0.717) is 0 Å². The second-order valence-electron chi connectivity index (χ2n) is 6.09. The van der Waals surface area contributed by atoms with Gasteiger partial charge in [-0.15, -0.1) is 0 Å². The zero-order valence-corrected chi connectivity index (χ0v) is 16.8. The van der Waals surface area contributed by atoms with Crippen LogP contribution in [0.1, 0.15) is 24.3 Å². The van der Waals surface area contributed by atoms with E-state index >= 15 is 0 Å². The number of urea groups is 1. The van der Waals surface area contributed by atoms with Crippen molar-refractivity contribution in [2.45, 2.75) is 6.18 Å². The van der Waals surface area contributed by atoms with E-state index in [4.69, 9.17) is 24.6 Å². The predicted octanol–water partition coefficient (Wildman–Crippen LogP) is 5.69. The molecule has 0 radical (unpaired) electrons. The van der Waals surface area contributed by atoms with E-state index in [9.17, 15) is 27.2 Å². The second kappa shape index (κ2) is 9.74. The Labute approximate surface area is 198 Å². The Kier molecular flexibility index (Phi) is 4.94. The van der Waals surface area contributed by atoms with Crippen molar-refractivity contribution >= 4 is 34.9 Å². The largest absolute Gasteiger partial charge is 0.457 e. The number of nitrogens with zero attached hydrogens (tertiary/aromatic N) is 1. The monoisotopic (exact) mass is 488 g/mol. The summed E-state index contributed by atoms with van der Waals surface area (Å²) in [5.41, 5.74) is -3.45. The molecule has 3 amide bonds. The van der Waals surface area contributed by atoms with Crippen LogP contribution in [0.3, 0.4) is 0 Å². The molecule has 0 aliphatic carbocycles. The van der Waals surface area contributed by atoms with Crippen molar-refractivity contribution in [3.05, 3.63) is 76.8 Å². The topological polar surface area (TPSA) is 92.3 Å². The van der Waals surface area contributed by atoms with Crippen LogP contribution in [0, 0.1) is 5.82 Å². The zero-order chi connectivity index (χ0) is 29.3. The summed E-state index contributed by atoms with van der Waals surface area (Å²) in [6.45, 7) is -2.75. The zero-order valence-electron chi connectivity index (χ0n) is 22.0. The van der Waals surface area contributed by atoms with Crippen LogP contribution in [-0.2, 0) is 6.18 Å². The van der Waals surface area contributed by atoms with E-state index in [2.05, 4.69) is 4.98 Å². The normalized spacial score (nSPS) is 14.0. The quantitative estimate of drug-likeness (QED) is 0.402. The van der Waals surface area contributed by atoms with E-state index < -0.39 is 71.0 Å². The lowest BCUT2D eigenvalue weighted by atomic mass is 10.2. The van der Waals surface area contributed by atoms with Gasteiger partial charge in [0.25, 0.3) is 5.91 Å². The van der Waals surface area contributed by atoms with Gasteiger partial charge in [0.1, 0.15) is 23.0 Å². The van der Waals surface area contributed by atoms with Gasteiger partial charge in [-0.1, -0.05) is 11.6 Å². The average molecular weight is 489 g/mol. The molecular formula is C21H15ClF4N4O3. The standard InChI is InChI=1S/C21H15ClF4N4O3/c1-27-19(31)18-10-13(6-7-28-18)33-12-3-5-17(16(23)9-12)30-20(32)29-11-2-4-15(22)14(8-11)21(24,25)26/h2-10H,1H3,(H,27,31)(H2,29,30,32)/i1D3,2D,4D,8D. The van der Waals surface area contributed by atoms with Crippen LogP contribution >= 0.6 is 11.6 Å². The fourth-order valence-corrected chi connectivity index (χ4v) is 2.58. The number of hydrogen-bond donors (Lipinski definition) is 3. The van der Waals surface area contributed by atoms with Gasteiger partial charge >= 0.3 is 12.2 Å². The number of benzene rings is 2. The van der Waals surface area contributed by atoms with E-state index in [1.807, 2.05) is 10.6 Å². The molecule has 0 saturated heterocycles. The number of nitrogens with one attached hydrogen (secondary N) is 3. The number of aromatic nitrogens is 1. The molecule has 172 valence electrons. The summed E-state index contributed by atoms with van der Waals surface area (Å²) in [7, 11) is 0. The third kappa shape index (κ3) is 6.10. The molecule has 1 aromatic heterocycles. The van der Waals surface area contributed by atoms with E-state index in [1.54, 1.807) is 5.32 Å². The Balaban J connectivity index is 1.76. The van der Waals surface area contributed by atoms with Crippen LogP contribution in [-0.4, -0.2) is 23.9 Å². The Morgan fingerprint density at radius 3 is 2.61 bits per heavy atom. The molecule has 3 aromatic rings. The lowest BCUT2D eigenvalue weighted by Gasteiger charge is -2.13. The van der Waals surface area contributed by atoms with Crippen molar-refractivity contribution in [1.29, 1.82) is 0 Å². The van der Waals surface area contributed by atoms with Crippen molar-refractivity contribution in [3.63, 3.8) is 0 Å². The highest BCUT2D eigenvalue weighted by Crippen LogP contribution is 2.36. The molecule has 0 aliphatic heterocycles. The van der Waals surface area contributed by atoms with Crippen molar-refractivity contribution in [2.24, 2.45) is 0 Å². The lowest BCUT2D eigenvalue weighted by Crippen LogP contribution is -2.20. The summed E-state index contributed by atoms with van der Waals surface area (Å²) in [5, 5.41) is 4.40. The number of rotatable bonds is 5. The number of amides is 3. The van der Waals surface area contributed by atoms with Gasteiger partial charge in [-0.3, -0.25) is 9.78 Å². The average Bonchev–Trinajstić information content (AvgIpc) is 2.80. The molecule has 0 atom stereocenters. The number of carbonyl (C=O) groups excluding carboxylic acids is 2. The maximum atomic E-state index is 14.6. The summed E-state index contributed by atoms with van der Waals surface area (Å²) >= 11 is 5.49. The molecule has 0 spiro atoms. The Morgan fingerprint density at radius 2 is 1.91 bits per heavy atom. The summed E-state index contributed by atoms with van der Waals surface area (Å²) in [6, 6.07) is 0.709. The molecule has 0 saturated carbocycles. The Hall–Kier alpha value is -3.86. The van der Waals surface area contributed by atoms with Gasteiger partial charge in [-0.25, -0.2) is 9.18 Å². The lowest BCUT2D eigenvalue weighted by molar-refractivity contribution is -0.137. The molecule has 33 heavy (non-hydrogen) atoms. The van der Waals surface area contributed by atoms with Crippen molar-refractivity contribution < 1.29 is 40.1 Å². The third-order valence-electron chi connectivity index (χ3n) is 3.79. The molecule has 0 unspecified atom stereocenters. The summed E-state index contributed by atoms with van der Waals surface area (Å²) in [6.07, 6.45) is -4.01. The summed E-state index contributed by atoms with van der Waals surface area (Å²) in [5.74, 6) is -2.22. The molecule has 7 nitrogen and oxygen atoms in total. The fraction of sp³-hybridized carbons (Fsp3) is 0.0952. The van der Waals surface area contributed by atoms with Crippen LogP contribution < -0.4 is 20.7 Å². The van der Waals surface area contributed by atoms with Crippen molar-refractivity contribution in [1.82, 2.24) is 10.3 Å². The second-order valence-corrected chi connectivity index (χ2v) is 6.47. The first-order chi connectivity index (χ1) is 18.0. The molecule has 2 aromatic carbocycles. The molecule has 1 heterocycles. The van der Waals surface area contributed by atoms with Gasteiger partial charge < -0.3 is 20.7 Å². The van der Waals surface area contributed by atoms with Crippen LogP contribution in [0.2, 0.25) is 5.02 Å². The Bertz CT molecular complexity index is 1460. The fourth-order valence-electron chi connectivity index (χ4n) is 2.38. The van der Waals surface area contributed by atoms with Gasteiger partial charge in [-0.05, 0) is 36.3 Å². The minimum Gasteiger partial charge on any atom is -0.457 e. The SMILES string of the molecule is [2H]c1c([2H])c(NC(=O)Nc2ccc(Oc3ccnc(C(=O)NC([2H])([2H])[2H])c3)cc2F)c([2H])c(C(F)(F)F)c1Cl. The summed E-state index contributed by atoms with van der Waals surface area (Å²) < 4.78 is 104. The van der Waals surface area contributed by atoms with Crippen molar-refractivity contribution in [3.8, 4) is 11.5 Å². The van der Waals surface area contributed by atoms with Gasteiger partial charge in [0.15, 0.2) is 0 Å². The molecular weight excluding hydrogens is 468 g/mol. The highest BCUT2D eigenvalue weighted by molar-refractivity contribution is 6.31. The highest BCUT2D eigenvalue weighted by atomic mass is 35.5. The maximum absolute atomic E-state index is 14.6. The third-order valence-corrected chi connectivity index (χ3v) is 4.07. The first-order valence-corrected chi connectivity index (χ1v) is 9.06. The van der Waals surface area contributed by atoms with Crippen molar-refractivity contribution in [2.75, 3.05) is 17.6 Å². The molecule has 0 bridgehead atoms. The maximum Gasteiger partial charge on any atom is 0.417 e. The van der Waals surface area contributed by atoms with Crippen LogP contribution in [0.4, 0.5) is 33.7 Å². The molecule has 0 fully saturated rings. The smallest absolute Gasteiger partial charge is 0.417 e. The molecule has 0 aliphatic rings. The van der Waals surface area contributed by atoms with E-state index in [1.165, 1.54) is 12.1 Å². The molecule has 3 N–H and O–H groups in total. The first kappa shape index (κ1) is 16.7. The molecule has 3 rings (SSSR count). The summed E-state index contributed by atoms with van der Waals surface area (Å²) in [4.78, 5) is 28.0. The van der Waals surface area contributed by atoms with Crippen LogP contribution in [0.25, 0.3) is 0 Å². The minimum absolute atomic E-state index is 0.0149. The number of hydrogen-bond acceptors (Lipinski definition) is 4. The van der Waals surface area contributed by atoms with Gasteiger partial charge in [0, 0.05) is 35.1 Å². The number of carbonyl (C=O) groups is 2. The number of pyridine rings is 1.